The number of methoxy groups -OCH3 is 1. The van der Waals surface area contributed by atoms with Gasteiger partial charge in [0.15, 0.2) is 0 Å². The van der Waals surface area contributed by atoms with E-state index in [1.165, 1.54) is 32.1 Å². The molecule has 0 aromatic rings. The third-order valence-electron chi connectivity index (χ3n) is 4.01. The number of rotatable bonds is 17. The van der Waals surface area contributed by atoms with Crippen LogP contribution in [0, 0.1) is 0 Å². The number of hydrogen-bond acceptors (Lipinski definition) is 4. The Morgan fingerprint density at radius 1 is 0.739 bits per heavy atom. The molecule has 0 N–H and O–H groups in total. The fraction of sp³-hybridized carbons (Fsp3) is 1.00. The molecule has 0 aliphatic rings. The van der Waals surface area contributed by atoms with Crippen LogP contribution in [0.15, 0.2) is 0 Å². The summed E-state index contributed by atoms with van der Waals surface area (Å²) in [6.45, 7) is 10.2. The zero-order valence-corrected chi connectivity index (χ0v) is 16.2. The molecule has 2 unspecified atom stereocenters. The SMILES string of the molecule is CCCCCCCCC(OCC)C(OC)(OCC)OCCCC. The third kappa shape index (κ3) is 9.65. The normalized spacial score (nSPS) is 15.5. The van der Waals surface area contributed by atoms with Gasteiger partial charge >= 0.3 is 5.97 Å². The Balaban J connectivity index is 4.57. The zero-order valence-electron chi connectivity index (χ0n) is 16.2. The molecule has 140 valence electrons. The molecule has 0 radical (unpaired) electrons. The molecule has 0 amide bonds. The predicted octanol–water partition coefficient (Wildman–Crippen LogP) is 5.30. The van der Waals surface area contributed by atoms with E-state index in [1.54, 1.807) is 7.11 Å². The Bertz CT molecular complexity index is 248. The molecule has 4 heteroatoms. The Morgan fingerprint density at radius 2 is 1.39 bits per heavy atom. The van der Waals surface area contributed by atoms with Crippen LogP contribution in [0.5, 0.6) is 0 Å². The van der Waals surface area contributed by atoms with E-state index in [2.05, 4.69) is 13.8 Å². The first-order chi connectivity index (χ1) is 11.2. The van der Waals surface area contributed by atoms with Crippen molar-refractivity contribution in [1.82, 2.24) is 0 Å². The Hall–Kier alpha value is -0.160. The topological polar surface area (TPSA) is 36.9 Å². The van der Waals surface area contributed by atoms with E-state index in [4.69, 9.17) is 18.9 Å². The van der Waals surface area contributed by atoms with Gasteiger partial charge in [0.25, 0.3) is 0 Å². The average molecular weight is 333 g/mol. The third-order valence-corrected chi connectivity index (χ3v) is 4.01. The van der Waals surface area contributed by atoms with Gasteiger partial charge in [0, 0.05) is 20.3 Å². The van der Waals surface area contributed by atoms with Crippen LogP contribution in [0.2, 0.25) is 0 Å². The minimum atomic E-state index is -1.07. The lowest BCUT2D eigenvalue weighted by Crippen LogP contribution is -2.51. The van der Waals surface area contributed by atoms with Crippen molar-refractivity contribution in [2.45, 2.75) is 97.6 Å². The van der Waals surface area contributed by atoms with Gasteiger partial charge in [-0.25, -0.2) is 0 Å². The Kier molecular flexibility index (Phi) is 15.3. The highest BCUT2D eigenvalue weighted by atomic mass is 16.9. The molecule has 0 saturated heterocycles. The number of ether oxygens (including phenoxy) is 4. The van der Waals surface area contributed by atoms with E-state index >= 15 is 0 Å². The van der Waals surface area contributed by atoms with Gasteiger partial charge in [0.1, 0.15) is 6.10 Å². The summed E-state index contributed by atoms with van der Waals surface area (Å²) in [5, 5.41) is 0. The minimum absolute atomic E-state index is 0.180. The largest absolute Gasteiger partial charge is 0.370 e. The molecule has 23 heavy (non-hydrogen) atoms. The van der Waals surface area contributed by atoms with Crippen molar-refractivity contribution >= 4 is 0 Å². The van der Waals surface area contributed by atoms with E-state index in [-0.39, 0.29) is 6.10 Å². The molecule has 0 rings (SSSR count). The quantitative estimate of drug-likeness (QED) is 0.268. The van der Waals surface area contributed by atoms with Crippen LogP contribution in [0.4, 0.5) is 0 Å². The molecule has 0 spiro atoms. The van der Waals surface area contributed by atoms with Gasteiger partial charge in [0.05, 0.1) is 6.61 Å². The van der Waals surface area contributed by atoms with Gasteiger partial charge in [-0.2, -0.15) is 0 Å². The fourth-order valence-electron chi connectivity index (χ4n) is 2.71. The van der Waals surface area contributed by atoms with Crippen LogP contribution >= 0.6 is 0 Å². The summed E-state index contributed by atoms with van der Waals surface area (Å²) in [7, 11) is 1.65. The van der Waals surface area contributed by atoms with Gasteiger partial charge in [-0.05, 0) is 26.7 Å². The van der Waals surface area contributed by atoms with Gasteiger partial charge in [-0.3, -0.25) is 0 Å². The van der Waals surface area contributed by atoms with E-state index in [0.717, 1.165) is 25.7 Å². The molecule has 2 atom stereocenters. The molecular weight excluding hydrogens is 292 g/mol. The standard InChI is InChI=1S/C19H40O4/c1-6-10-12-13-14-15-16-18(21-8-3)19(20-5,22-9-4)23-17-11-7-2/h18H,6-17H2,1-5H3. The second kappa shape index (κ2) is 15.4. The maximum Gasteiger partial charge on any atom is 0.310 e. The molecule has 0 aromatic carbocycles. The first-order valence-electron chi connectivity index (χ1n) is 9.65. The Labute approximate surface area is 144 Å². The summed E-state index contributed by atoms with van der Waals surface area (Å²) in [4.78, 5) is 0. The van der Waals surface area contributed by atoms with Crippen molar-refractivity contribution in [2.24, 2.45) is 0 Å². The molecule has 0 bridgehead atoms. The molecule has 0 aliphatic carbocycles. The lowest BCUT2D eigenvalue weighted by molar-refractivity contribution is -0.409. The smallest absolute Gasteiger partial charge is 0.310 e. The van der Waals surface area contributed by atoms with Gasteiger partial charge in [-0.1, -0.05) is 58.8 Å². The highest BCUT2D eigenvalue weighted by Gasteiger charge is 2.42. The van der Waals surface area contributed by atoms with Crippen molar-refractivity contribution in [3.8, 4) is 0 Å². The van der Waals surface area contributed by atoms with E-state index in [1.807, 2.05) is 13.8 Å². The van der Waals surface area contributed by atoms with Crippen molar-refractivity contribution in [2.75, 3.05) is 26.9 Å². The predicted molar refractivity (Wildman–Crippen MR) is 95.6 cm³/mol. The first kappa shape index (κ1) is 22.8. The van der Waals surface area contributed by atoms with Crippen LogP contribution in [0.3, 0.4) is 0 Å². The highest BCUT2D eigenvalue weighted by molar-refractivity contribution is 4.73. The molecule has 0 heterocycles. The lowest BCUT2D eigenvalue weighted by Gasteiger charge is -2.38. The van der Waals surface area contributed by atoms with E-state index < -0.39 is 5.97 Å². The zero-order chi connectivity index (χ0) is 17.4. The molecular formula is C19H40O4. The molecule has 4 nitrogen and oxygen atoms in total. The summed E-state index contributed by atoms with van der Waals surface area (Å²) < 4.78 is 23.5. The minimum Gasteiger partial charge on any atom is -0.370 e. The monoisotopic (exact) mass is 332 g/mol. The highest BCUT2D eigenvalue weighted by Crippen LogP contribution is 2.27. The molecule has 0 aliphatic heterocycles. The summed E-state index contributed by atoms with van der Waals surface area (Å²) >= 11 is 0. The average Bonchev–Trinajstić information content (AvgIpc) is 2.56. The van der Waals surface area contributed by atoms with Crippen molar-refractivity contribution in [3.05, 3.63) is 0 Å². The fourth-order valence-corrected chi connectivity index (χ4v) is 2.71. The Morgan fingerprint density at radius 3 is 1.96 bits per heavy atom. The van der Waals surface area contributed by atoms with Crippen LogP contribution in [0.25, 0.3) is 0 Å². The van der Waals surface area contributed by atoms with Crippen LogP contribution in [-0.4, -0.2) is 39.0 Å². The lowest BCUT2D eigenvalue weighted by atomic mass is 10.1. The van der Waals surface area contributed by atoms with Gasteiger partial charge < -0.3 is 18.9 Å². The summed E-state index contributed by atoms with van der Waals surface area (Å²) in [5.41, 5.74) is 0. The van der Waals surface area contributed by atoms with Crippen LogP contribution in [0.1, 0.15) is 85.5 Å². The maximum absolute atomic E-state index is 6.00. The van der Waals surface area contributed by atoms with Crippen LogP contribution < -0.4 is 0 Å². The van der Waals surface area contributed by atoms with Gasteiger partial charge in [0.2, 0.25) is 0 Å². The summed E-state index contributed by atoms with van der Waals surface area (Å²) in [5.74, 6) is -1.07. The van der Waals surface area contributed by atoms with Crippen molar-refractivity contribution < 1.29 is 18.9 Å². The van der Waals surface area contributed by atoms with E-state index in [0.29, 0.717) is 19.8 Å². The summed E-state index contributed by atoms with van der Waals surface area (Å²) in [6.07, 6.45) is 10.4. The molecule has 0 saturated carbocycles. The first-order valence-corrected chi connectivity index (χ1v) is 9.65. The maximum atomic E-state index is 6.00. The van der Waals surface area contributed by atoms with Crippen molar-refractivity contribution in [1.29, 1.82) is 0 Å². The second-order valence-electron chi connectivity index (χ2n) is 5.94. The van der Waals surface area contributed by atoms with E-state index in [9.17, 15) is 0 Å². The van der Waals surface area contributed by atoms with Gasteiger partial charge in [-0.15, -0.1) is 0 Å². The summed E-state index contributed by atoms with van der Waals surface area (Å²) in [6, 6.07) is 0. The van der Waals surface area contributed by atoms with Crippen LogP contribution in [-0.2, 0) is 18.9 Å². The molecule has 0 fully saturated rings. The molecule has 0 aromatic heterocycles. The number of unbranched alkanes of at least 4 members (excludes halogenated alkanes) is 6. The second-order valence-corrected chi connectivity index (χ2v) is 5.94. The van der Waals surface area contributed by atoms with Crippen molar-refractivity contribution in [3.63, 3.8) is 0 Å². The number of hydrogen-bond donors (Lipinski definition) is 0.